The lowest BCUT2D eigenvalue weighted by molar-refractivity contribution is 0.0601. The average Bonchev–Trinajstić information content (AvgIpc) is 2.52. The van der Waals surface area contributed by atoms with Gasteiger partial charge in [0.05, 0.1) is 18.7 Å². The Morgan fingerprint density at radius 2 is 2.00 bits per heavy atom. The van der Waals surface area contributed by atoms with E-state index >= 15 is 0 Å². The van der Waals surface area contributed by atoms with Crippen LogP contribution in [0.2, 0.25) is 0 Å². The summed E-state index contributed by atoms with van der Waals surface area (Å²) in [4.78, 5) is 11.5. The number of nitrogens with zero attached hydrogens (tertiary/aromatic N) is 1. The van der Waals surface area contributed by atoms with E-state index in [0.717, 1.165) is 18.5 Å². The largest absolute Gasteiger partial charge is 0.465 e. The Morgan fingerprint density at radius 3 is 2.52 bits per heavy atom. The fourth-order valence-corrected chi connectivity index (χ4v) is 3.44. The molecular weight excluding hydrogens is 288 g/mol. The molecule has 23 heavy (non-hydrogen) atoms. The number of anilines is 1. The van der Waals surface area contributed by atoms with Crippen LogP contribution in [-0.2, 0) is 4.74 Å². The van der Waals surface area contributed by atoms with Crippen molar-refractivity contribution in [2.24, 2.45) is 5.41 Å². The maximum absolute atomic E-state index is 11.5. The summed E-state index contributed by atoms with van der Waals surface area (Å²) in [6, 6.07) is 9.07. The van der Waals surface area contributed by atoms with Gasteiger partial charge in [-0.3, -0.25) is 0 Å². The van der Waals surface area contributed by atoms with E-state index in [4.69, 9.17) is 4.74 Å². The van der Waals surface area contributed by atoms with Gasteiger partial charge in [0.15, 0.2) is 0 Å². The first-order valence-corrected chi connectivity index (χ1v) is 7.93. The molecule has 0 aliphatic heterocycles. The molecule has 0 amide bonds. The van der Waals surface area contributed by atoms with E-state index < -0.39 is 0 Å². The van der Waals surface area contributed by atoms with Crippen LogP contribution >= 0.6 is 0 Å². The molecule has 0 aromatic heterocycles. The van der Waals surface area contributed by atoms with Crippen molar-refractivity contribution in [1.82, 2.24) is 0 Å². The standard InChI is InChI=1S/C19H24N2O2/c1-13-6-5-11-19(2,3)17(13)16(12-20)21-15-9-7-14(8-10-15)18(22)23-4/h7-10,16,21H,5-6,11H2,1-4H3. The molecule has 1 unspecified atom stereocenters. The monoisotopic (exact) mass is 312 g/mol. The molecule has 4 heteroatoms. The summed E-state index contributed by atoms with van der Waals surface area (Å²) in [6.45, 7) is 6.54. The van der Waals surface area contributed by atoms with Crippen LogP contribution in [0.1, 0.15) is 50.4 Å². The van der Waals surface area contributed by atoms with Crippen LogP contribution < -0.4 is 5.32 Å². The smallest absolute Gasteiger partial charge is 0.337 e. The highest BCUT2D eigenvalue weighted by molar-refractivity contribution is 5.89. The number of nitriles is 1. The highest BCUT2D eigenvalue weighted by atomic mass is 16.5. The van der Waals surface area contributed by atoms with Gasteiger partial charge in [0.25, 0.3) is 0 Å². The number of hydrogen-bond donors (Lipinski definition) is 1. The number of benzene rings is 1. The average molecular weight is 312 g/mol. The van der Waals surface area contributed by atoms with Crippen molar-refractivity contribution in [2.75, 3.05) is 12.4 Å². The fraction of sp³-hybridized carbons (Fsp3) is 0.474. The third kappa shape index (κ3) is 3.73. The predicted molar refractivity (Wildman–Crippen MR) is 91.1 cm³/mol. The minimum Gasteiger partial charge on any atom is -0.465 e. The van der Waals surface area contributed by atoms with Gasteiger partial charge in [-0.1, -0.05) is 19.4 Å². The molecule has 1 aromatic rings. The molecule has 1 aliphatic carbocycles. The van der Waals surface area contributed by atoms with Gasteiger partial charge in [0.1, 0.15) is 6.04 Å². The van der Waals surface area contributed by atoms with E-state index in [9.17, 15) is 10.1 Å². The lowest BCUT2D eigenvalue weighted by atomic mass is 9.70. The van der Waals surface area contributed by atoms with Crippen LogP contribution in [0.25, 0.3) is 0 Å². The molecular formula is C19H24N2O2. The Bertz CT molecular complexity index is 651. The number of ether oxygens (including phenoxy) is 1. The summed E-state index contributed by atoms with van der Waals surface area (Å²) < 4.78 is 4.70. The molecule has 1 N–H and O–H groups in total. The summed E-state index contributed by atoms with van der Waals surface area (Å²) >= 11 is 0. The molecule has 1 aliphatic rings. The lowest BCUT2D eigenvalue weighted by Gasteiger charge is -2.37. The third-order valence-corrected chi connectivity index (χ3v) is 4.58. The zero-order chi connectivity index (χ0) is 17.0. The number of allylic oxidation sites excluding steroid dienone is 1. The number of methoxy groups -OCH3 is 1. The van der Waals surface area contributed by atoms with E-state index in [1.807, 2.05) is 12.1 Å². The van der Waals surface area contributed by atoms with Crippen LogP contribution in [0.15, 0.2) is 35.4 Å². The number of rotatable bonds is 4. The van der Waals surface area contributed by atoms with Crippen molar-refractivity contribution >= 4 is 11.7 Å². The molecule has 0 bridgehead atoms. The Hall–Kier alpha value is -2.28. The Balaban J connectivity index is 2.23. The van der Waals surface area contributed by atoms with E-state index in [1.54, 1.807) is 12.1 Å². The fourth-order valence-electron chi connectivity index (χ4n) is 3.44. The minimum absolute atomic E-state index is 0.0295. The van der Waals surface area contributed by atoms with Crippen LogP contribution in [-0.4, -0.2) is 19.1 Å². The first-order chi connectivity index (χ1) is 10.9. The van der Waals surface area contributed by atoms with Crippen LogP contribution in [0.3, 0.4) is 0 Å². The molecule has 2 rings (SSSR count). The molecule has 0 fully saturated rings. The normalized spacial score (nSPS) is 18.0. The van der Waals surface area contributed by atoms with Gasteiger partial charge in [-0.05, 0) is 61.4 Å². The quantitative estimate of drug-likeness (QED) is 0.665. The summed E-state index contributed by atoms with van der Waals surface area (Å²) in [5.41, 5.74) is 3.86. The zero-order valence-corrected chi connectivity index (χ0v) is 14.3. The topological polar surface area (TPSA) is 62.1 Å². The molecule has 0 saturated heterocycles. The van der Waals surface area contributed by atoms with E-state index in [1.165, 1.54) is 24.7 Å². The van der Waals surface area contributed by atoms with Gasteiger partial charge in [-0.15, -0.1) is 0 Å². The Kier molecular flexibility index (Phi) is 5.10. The second-order valence-electron chi connectivity index (χ2n) is 6.71. The summed E-state index contributed by atoms with van der Waals surface area (Å²) in [7, 11) is 1.36. The van der Waals surface area contributed by atoms with Crippen LogP contribution in [0.4, 0.5) is 5.69 Å². The van der Waals surface area contributed by atoms with Crippen LogP contribution in [0, 0.1) is 16.7 Å². The second kappa shape index (κ2) is 6.87. The number of nitrogens with one attached hydrogen (secondary N) is 1. The van der Waals surface area contributed by atoms with Gasteiger partial charge >= 0.3 is 5.97 Å². The van der Waals surface area contributed by atoms with Gasteiger partial charge < -0.3 is 10.1 Å². The van der Waals surface area contributed by atoms with Crippen LogP contribution in [0.5, 0.6) is 0 Å². The summed E-state index contributed by atoms with van der Waals surface area (Å²) in [6.07, 6.45) is 3.33. The highest BCUT2D eigenvalue weighted by Gasteiger charge is 2.33. The zero-order valence-electron chi connectivity index (χ0n) is 14.3. The molecule has 1 aromatic carbocycles. The third-order valence-electron chi connectivity index (χ3n) is 4.58. The van der Waals surface area contributed by atoms with Crippen molar-refractivity contribution < 1.29 is 9.53 Å². The predicted octanol–water partition coefficient (Wildman–Crippen LogP) is 4.30. The summed E-state index contributed by atoms with van der Waals surface area (Å²) in [5, 5.41) is 12.9. The van der Waals surface area contributed by atoms with Gasteiger partial charge in [0, 0.05) is 5.69 Å². The second-order valence-corrected chi connectivity index (χ2v) is 6.71. The molecule has 4 nitrogen and oxygen atoms in total. The highest BCUT2D eigenvalue weighted by Crippen LogP contribution is 2.42. The van der Waals surface area contributed by atoms with E-state index in [2.05, 4.69) is 32.2 Å². The van der Waals surface area contributed by atoms with Crippen molar-refractivity contribution in [1.29, 1.82) is 5.26 Å². The number of hydrogen-bond acceptors (Lipinski definition) is 4. The molecule has 0 saturated carbocycles. The van der Waals surface area contributed by atoms with Gasteiger partial charge in [-0.2, -0.15) is 5.26 Å². The number of esters is 1. The first-order valence-electron chi connectivity index (χ1n) is 7.93. The van der Waals surface area contributed by atoms with Crippen molar-refractivity contribution in [3.8, 4) is 6.07 Å². The maximum Gasteiger partial charge on any atom is 0.337 e. The number of carbonyl (C=O) groups excluding carboxylic acids is 1. The molecule has 0 radical (unpaired) electrons. The van der Waals surface area contributed by atoms with Crippen molar-refractivity contribution in [3.05, 3.63) is 41.0 Å². The maximum atomic E-state index is 11.5. The number of carbonyl (C=O) groups is 1. The Labute approximate surface area is 138 Å². The lowest BCUT2D eigenvalue weighted by Crippen LogP contribution is -2.33. The SMILES string of the molecule is COC(=O)c1ccc(NC(C#N)C2=C(C)CCCC2(C)C)cc1. The molecule has 0 spiro atoms. The Morgan fingerprint density at radius 1 is 1.35 bits per heavy atom. The molecule has 122 valence electrons. The van der Waals surface area contributed by atoms with E-state index in [-0.39, 0.29) is 17.4 Å². The molecule has 1 atom stereocenters. The minimum atomic E-state index is -0.361. The van der Waals surface area contributed by atoms with Gasteiger partial charge in [0.2, 0.25) is 0 Å². The summed E-state index contributed by atoms with van der Waals surface area (Å²) in [5.74, 6) is -0.361. The molecule has 0 heterocycles. The van der Waals surface area contributed by atoms with Gasteiger partial charge in [-0.25, -0.2) is 4.79 Å². The van der Waals surface area contributed by atoms with Crippen molar-refractivity contribution in [2.45, 2.75) is 46.1 Å². The first kappa shape index (κ1) is 17.1. The van der Waals surface area contributed by atoms with Crippen molar-refractivity contribution in [3.63, 3.8) is 0 Å². The van der Waals surface area contributed by atoms with E-state index in [0.29, 0.717) is 5.56 Å².